The van der Waals surface area contributed by atoms with Gasteiger partial charge in [0, 0.05) is 6.04 Å². The molecule has 0 aromatic carbocycles. The van der Waals surface area contributed by atoms with Gasteiger partial charge in [0.2, 0.25) is 0 Å². The number of hydrogen-bond donors (Lipinski definition) is 0. The fourth-order valence-electron chi connectivity index (χ4n) is 0.799. The lowest BCUT2D eigenvalue weighted by Crippen LogP contribution is -2.04. The van der Waals surface area contributed by atoms with Crippen molar-refractivity contribution < 1.29 is 0 Å². The lowest BCUT2D eigenvalue weighted by molar-refractivity contribution is 0.510. The van der Waals surface area contributed by atoms with Crippen LogP contribution in [0.1, 0.15) is 25.6 Å². The second kappa shape index (κ2) is 2.64. The Balaban J connectivity index is 3.01. The number of rotatable bonds is 2. The van der Waals surface area contributed by atoms with E-state index in [-0.39, 0.29) is 0 Å². The molecule has 0 radical (unpaired) electrons. The normalized spacial score (nSPS) is 10.3. The third kappa shape index (κ3) is 1.07. The van der Waals surface area contributed by atoms with Crippen LogP contribution in [0.15, 0.2) is 12.8 Å². The van der Waals surface area contributed by atoms with Gasteiger partial charge in [-0.05, 0) is 19.9 Å². The highest BCUT2D eigenvalue weighted by atomic mass is 15.4. The van der Waals surface area contributed by atoms with Gasteiger partial charge in [-0.1, -0.05) is 11.8 Å². The van der Waals surface area contributed by atoms with Gasteiger partial charge in [0.1, 0.15) is 0 Å². The van der Waals surface area contributed by atoms with Crippen LogP contribution in [0.4, 0.5) is 0 Å². The van der Waals surface area contributed by atoms with Gasteiger partial charge < -0.3 is 0 Å². The van der Waals surface area contributed by atoms with Gasteiger partial charge in [0.25, 0.3) is 0 Å². The molecule has 1 heterocycles. The molecule has 0 aliphatic carbocycles. The first-order valence-electron chi connectivity index (χ1n) is 3.28. The molecule has 0 fully saturated rings. The third-order valence-electron chi connectivity index (χ3n) is 1.30. The molecule has 0 aliphatic heterocycles. The predicted octanol–water partition coefficient (Wildman–Crippen LogP) is 1.50. The minimum absolute atomic E-state index is 0.357. The Morgan fingerprint density at radius 1 is 1.70 bits per heavy atom. The highest BCUT2D eigenvalue weighted by Gasteiger charge is 2.01. The zero-order valence-electron chi connectivity index (χ0n) is 6.28. The molecular formula is C7H11N3. The summed E-state index contributed by atoms with van der Waals surface area (Å²) in [5, 5.41) is 7.64. The van der Waals surface area contributed by atoms with Crippen molar-refractivity contribution >= 4 is 6.08 Å². The summed E-state index contributed by atoms with van der Waals surface area (Å²) >= 11 is 0. The highest BCUT2D eigenvalue weighted by molar-refractivity contribution is 5.39. The molecule has 1 aromatic rings. The smallest absolute Gasteiger partial charge is 0.0810 e. The van der Waals surface area contributed by atoms with Crippen LogP contribution in [-0.2, 0) is 0 Å². The second-order valence-corrected chi connectivity index (χ2v) is 2.40. The summed E-state index contributed by atoms with van der Waals surface area (Å²) in [5.41, 5.74) is 0.968. The maximum Gasteiger partial charge on any atom is 0.0810 e. The molecule has 0 amide bonds. The fraction of sp³-hybridized carbons (Fsp3) is 0.429. The van der Waals surface area contributed by atoms with Gasteiger partial charge in [-0.25, -0.2) is 4.68 Å². The lowest BCUT2D eigenvalue weighted by Gasteiger charge is -2.04. The fourth-order valence-corrected chi connectivity index (χ4v) is 0.799. The van der Waals surface area contributed by atoms with Crippen molar-refractivity contribution in [3.8, 4) is 0 Å². The molecule has 54 valence electrons. The molecular weight excluding hydrogens is 126 g/mol. The van der Waals surface area contributed by atoms with Crippen molar-refractivity contribution in [2.45, 2.75) is 19.9 Å². The Bertz CT molecular complexity index is 225. The summed E-state index contributed by atoms with van der Waals surface area (Å²) in [6, 6.07) is 0.357. The van der Waals surface area contributed by atoms with Crippen LogP contribution in [0.5, 0.6) is 0 Å². The average Bonchev–Trinajstić information content (AvgIpc) is 2.33. The van der Waals surface area contributed by atoms with Crippen molar-refractivity contribution in [1.82, 2.24) is 15.0 Å². The van der Waals surface area contributed by atoms with Crippen molar-refractivity contribution in [2.75, 3.05) is 0 Å². The second-order valence-electron chi connectivity index (χ2n) is 2.40. The van der Waals surface area contributed by atoms with E-state index in [1.807, 2.05) is 4.68 Å². The molecule has 0 bridgehead atoms. The van der Waals surface area contributed by atoms with Crippen molar-refractivity contribution in [3.05, 3.63) is 18.5 Å². The maximum absolute atomic E-state index is 3.88. The molecule has 0 aliphatic rings. The quantitative estimate of drug-likeness (QED) is 0.618. The van der Waals surface area contributed by atoms with E-state index in [0.717, 1.165) is 5.69 Å². The monoisotopic (exact) mass is 137 g/mol. The minimum Gasteiger partial charge on any atom is -0.243 e. The van der Waals surface area contributed by atoms with Gasteiger partial charge in [0.05, 0.1) is 11.9 Å². The predicted molar refractivity (Wildman–Crippen MR) is 40.5 cm³/mol. The van der Waals surface area contributed by atoms with E-state index in [1.54, 1.807) is 12.3 Å². The Hall–Kier alpha value is -1.12. The molecule has 3 heteroatoms. The summed E-state index contributed by atoms with van der Waals surface area (Å²) in [5.74, 6) is 0. The van der Waals surface area contributed by atoms with E-state index in [0.29, 0.717) is 6.04 Å². The molecule has 0 saturated carbocycles. The van der Waals surface area contributed by atoms with Gasteiger partial charge in [0.15, 0.2) is 0 Å². The van der Waals surface area contributed by atoms with Crippen LogP contribution in [0.25, 0.3) is 6.08 Å². The first-order chi connectivity index (χ1) is 4.75. The van der Waals surface area contributed by atoms with E-state index in [9.17, 15) is 0 Å². The van der Waals surface area contributed by atoms with E-state index in [1.165, 1.54) is 0 Å². The number of nitrogens with zero attached hydrogens (tertiary/aromatic N) is 3. The van der Waals surface area contributed by atoms with Gasteiger partial charge in [-0.15, -0.1) is 5.10 Å². The van der Waals surface area contributed by atoms with Crippen molar-refractivity contribution in [3.63, 3.8) is 0 Å². The van der Waals surface area contributed by atoms with E-state index in [4.69, 9.17) is 0 Å². The van der Waals surface area contributed by atoms with Crippen molar-refractivity contribution in [1.29, 1.82) is 0 Å². The number of aromatic nitrogens is 3. The van der Waals surface area contributed by atoms with Gasteiger partial charge in [-0.2, -0.15) is 0 Å². The van der Waals surface area contributed by atoms with E-state index < -0.39 is 0 Å². The molecule has 0 N–H and O–H groups in total. The molecule has 0 unspecified atom stereocenters. The van der Waals surface area contributed by atoms with Crippen LogP contribution in [0, 0.1) is 0 Å². The Morgan fingerprint density at radius 3 is 2.80 bits per heavy atom. The van der Waals surface area contributed by atoms with Crippen LogP contribution < -0.4 is 0 Å². The third-order valence-corrected chi connectivity index (χ3v) is 1.30. The Labute approximate surface area is 60.4 Å². The SMILES string of the molecule is C=Cc1cnnn1C(C)C. The molecule has 1 aromatic heterocycles. The average molecular weight is 137 g/mol. The van der Waals surface area contributed by atoms with Gasteiger partial charge in [-0.3, -0.25) is 0 Å². The molecule has 1 rings (SSSR count). The van der Waals surface area contributed by atoms with Crippen LogP contribution in [-0.4, -0.2) is 15.0 Å². The van der Waals surface area contributed by atoms with E-state index >= 15 is 0 Å². The zero-order valence-corrected chi connectivity index (χ0v) is 6.28. The van der Waals surface area contributed by atoms with Crippen molar-refractivity contribution in [2.24, 2.45) is 0 Å². The molecule has 0 spiro atoms. The summed E-state index contributed by atoms with van der Waals surface area (Å²) in [7, 11) is 0. The highest BCUT2D eigenvalue weighted by Crippen LogP contribution is 2.06. The van der Waals surface area contributed by atoms with Crippen LogP contribution >= 0.6 is 0 Å². The first kappa shape index (κ1) is 6.99. The van der Waals surface area contributed by atoms with Gasteiger partial charge >= 0.3 is 0 Å². The summed E-state index contributed by atoms with van der Waals surface area (Å²) in [6.07, 6.45) is 3.45. The Kier molecular flexibility index (Phi) is 1.85. The standard InChI is InChI=1S/C7H11N3/c1-4-7-5-8-9-10(7)6(2)3/h4-6H,1H2,2-3H3. The first-order valence-corrected chi connectivity index (χ1v) is 3.28. The zero-order chi connectivity index (χ0) is 7.56. The molecule has 0 saturated heterocycles. The summed E-state index contributed by atoms with van der Waals surface area (Å²) in [4.78, 5) is 0. The van der Waals surface area contributed by atoms with Crippen LogP contribution in [0.3, 0.4) is 0 Å². The number of hydrogen-bond acceptors (Lipinski definition) is 2. The largest absolute Gasteiger partial charge is 0.243 e. The summed E-state index contributed by atoms with van der Waals surface area (Å²) < 4.78 is 1.83. The Morgan fingerprint density at radius 2 is 2.40 bits per heavy atom. The van der Waals surface area contributed by atoms with E-state index in [2.05, 4.69) is 30.7 Å². The minimum atomic E-state index is 0.357. The maximum atomic E-state index is 3.88. The molecule has 3 nitrogen and oxygen atoms in total. The molecule has 0 atom stereocenters. The molecule has 10 heavy (non-hydrogen) atoms. The lowest BCUT2D eigenvalue weighted by atomic mass is 10.3. The summed E-state index contributed by atoms with van der Waals surface area (Å²) in [6.45, 7) is 7.76. The topological polar surface area (TPSA) is 30.7 Å². The van der Waals surface area contributed by atoms with Crippen LogP contribution in [0.2, 0.25) is 0 Å².